The number of aromatic nitrogens is 1. The lowest BCUT2D eigenvalue weighted by Gasteiger charge is -1.93. The molecule has 80 valence electrons. The van der Waals surface area contributed by atoms with Crippen molar-refractivity contribution < 1.29 is 0 Å². The van der Waals surface area contributed by atoms with Gasteiger partial charge in [-0.05, 0) is 26.1 Å². The van der Waals surface area contributed by atoms with Gasteiger partial charge in [-0.2, -0.15) is 0 Å². The minimum Gasteiger partial charge on any atom is -0.319 e. The Balaban J connectivity index is 2.13. The Hall–Kier alpha value is -0.710. The monoisotopic (exact) mass is 238 g/mol. The molecule has 0 aromatic carbocycles. The molecule has 2 nitrogen and oxygen atoms in total. The zero-order valence-electron chi connectivity index (χ0n) is 8.91. The van der Waals surface area contributed by atoms with Gasteiger partial charge in [0, 0.05) is 23.2 Å². The molecule has 1 N–H and O–H groups in total. The summed E-state index contributed by atoms with van der Waals surface area (Å²) in [5.41, 5.74) is 1.13. The molecule has 0 saturated heterocycles. The van der Waals surface area contributed by atoms with Gasteiger partial charge in [-0.1, -0.05) is 0 Å². The molecule has 2 heterocycles. The number of thiazole rings is 1. The van der Waals surface area contributed by atoms with Crippen molar-refractivity contribution in [3.05, 3.63) is 27.4 Å². The van der Waals surface area contributed by atoms with Crippen LogP contribution in [-0.4, -0.2) is 18.6 Å². The molecule has 0 spiro atoms. The van der Waals surface area contributed by atoms with Crippen LogP contribution in [0, 0.1) is 6.92 Å². The standard InChI is InChI=1S/C11H14N2S2/c1-8-3-4-10(15-8)9-7-14-11(13-9)5-6-12-2/h3-4,7,12H,5-6H2,1-2H3. The summed E-state index contributed by atoms with van der Waals surface area (Å²) in [7, 11) is 1.97. The van der Waals surface area contributed by atoms with E-state index >= 15 is 0 Å². The number of hydrogen-bond donors (Lipinski definition) is 1. The molecule has 0 fully saturated rings. The SMILES string of the molecule is CNCCc1nc(-c2ccc(C)s2)cs1. The molecular formula is C11H14N2S2. The third-order valence-electron chi connectivity index (χ3n) is 2.13. The third kappa shape index (κ3) is 2.65. The highest BCUT2D eigenvalue weighted by atomic mass is 32.1. The largest absolute Gasteiger partial charge is 0.319 e. The highest BCUT2D eigenvalue weighted by molar-refractivity contribution is 7.16. The van der Waals surface area contributed by atoms with Gasteiger partial charge in [0.1, 0.15) is 0 Å². The Morgan fingerprint density at radius 1 is 1.40 bits per heavy atom. The van der Waals surface area contributed by atoms with E-state index in [9.17, 15) is 0 Å². The van der Waals surface area contributed by atoms with E-state index in [0.717, 1.165) is 18.7 Å². The van der Waals surface area contributed by atoms with Crippen molar-refractivity contribution >= 4 is 22.7 Å². The molecule has 2 aromatic heterocycles. The zero-order chi connectivity index (χ0) is 10.7. The number of nitrogens with one attached hydrogen (secondary N) is 1. The molecule has 0 aliphatic rings. The van der Waals surface area contributed by atoms with E-state index in [2.05, 4.69) is 34.7 Å². The molecule has 0 unspecified atom stereocenters. The molecule has 0 atom stereocenters. The average molecular weight is 238 g/mol. The molecule has 15 heavy (non-hydrogen) atoms. The minimum absolute atomic E-state index is 0.996. The lowest BCUT2D eigenvalue weighted by atomic mass is 10.3. The highest BCUT2D eigenvalue weighted by Gasteiger charge is 2.05. The van der Waals surface area contributed by atoms with Crippen LogP contribution in [0.15, 0.2) is 17.5 Å². The van der Waals surface area contributed by atoms with E-state index in [1.54, 1.807) is 22.7 Å². The van der Waals surface area contributed by atoms with E-state index < -0.39 is 0 Å². The van der Waals surface area contributed by atoms with Crippen molar-refractivity contribution in [2.45, 2.75) is 13.3 Å². The molecule has 4 heteroatoms. The molecule has 0 saturated carbocycles. The van der Waals surface area contributed by atoms with E-state index in [1.807, 2.05) is 7.05 Å². The van der Waals surface area contributed by atoms with Crippen LogP contribution in [-0.2, 0) is 6.42 Å². The second-order valence-corrected chi connectivity index (χ2v) is 5.62. The quantitative estimate of drug-likeness (QED) is 0.886. The average Bonchev–Trinajstić information content (AvgIpc) is 2.83. The van der Waals surface area contributed by atoms with Gasteiger partial charge in [-0.3, -0.25) is 0 Å². The van der Waals surface area contributed by atoms with Crippen molar-refractivity contribution in [2.75, 3.05) is 13.6 Å². The van der Waals surface area contributed by atoms with Gasteiger partial charge < -0.3 is 5.32 Å². The predicted octanol–water partition coefficient (Wildman–Crippen LogP) is 2.94. The van der Waals surface area contributed by atoms with Gasteiger partial charge in [0.25, 0.3) is 0 Å². The molecule has 2 aromatic rings. The molecule has 0 bridgehead atoms. The highest BCUT2D eigenvalue weighted by Crippen LogP contribution is 2.28. The van der Waals surface area contributed by atoms with Crippen molar-refractivity contribution in [3.8, 4) is 10.6 Å². The van der Waals surface area contributed by atoms with E-state index in [-0.39, 0.29) is 0 Å². The van der Waals surface area contributed by atoms with Gasteiger partial charge in [0.2, 0.25) is 0 Å². The zero-order valence-corrected chi connectivity index (χ0v) is 10.5. The van der Waals surface area contributed by atoms with Gasteiger partial charge in [-0.25, -0.2) is 4.98 Å². The van der Waals surface area contributed by atoms with Gasteiger partial charge in [0.15, 0.2) is 0 Å². The predicted molar refractivity (Wildman–Crippen MR) is 67.8 cm³/mol. The summed E-state index contributed by atoms with van der Waals surface area (Å²) >= 11 is 3.56. The number of likely N-dealkylation sites (N-methyl/N-ethyl adjacent to an activating group) is 1. The lowest BCUT2D eigenvalue weighted by molar-refractivity contribution is 0.788. The van der Waals surface area contributed by atoms with E-state index in [1.165, 1.54) is 14.8 Å². The number of aryl methyl sites for hydroxylation is 1. The first-order valence-electron chi connectivity index (χ1n) is 4.95. The van der Waals surface area contributed by atoms with Crippen LogP contribution in [0.25, 0.3) is 10.6 Å². The minimum atomic E-state index is 0.996. The van der Waals surface area contributed by atoms with E-state index in [4.69, 9.17) is 0 Å². The van der Waals surface area contributed by atoms with Crippen LogP contribution < -0.4 is 5.32 Å². The summed E-state index contributed by atoms with van der Waals surface area (Å²) < 4.78 is 0. The van der Waals surface area contributed by atoms with Crippen molar-refractivity contribution in [1.82, 2.24) is 10.3 Å². The summed E-state index contributed by atoms with van der Waals surface area (Å²) in [5.74, 6) is 0. The molecule has 0 amide bonds. The van der Waals surface area contributed by atoms with Gasteiger partial charge >= 0.3 is 0 Å². The fourth-order valence-electron chi connectivity index (χ4n) is 1.34. The molecule has 2 rings (SSSR count). The van der Waals surface area contributed by atoms with Gasteiger partial charge in [0.05, 0.1) is 15.6 Å². The first-order chi connectivity index (χ1) is 7.29. The number of rotatable bonds is 4. The molecule has 0 aliphatic carbocycles. The normalized spacial score (nSPS) is 10.8. The summed E-state index contributed by atoms with van der Waals surface area (Å²) in [6, 6.07) is 4.30. The summed E-state index contributed by atoms with van der Waals surface area (Å²) in [6.45, 7) is 3.12. The first-order valence-corrected chi connectivity index (χ1v) is 6.65. The maximum Gasteiger partial charge on any atom is 0.0945 e. The topological polar surface area (TPSA) is 24.9 Å². The summed E-state index contributed by atoms with van der Waals surface area (Å²) in [5, 5.41) is 6.50. The Morgan fingerprint density at radius 2 is 2.27 bits per heavy atom. The second-order valence-electron chi connectivity index (χ2n) is 3.39. The third-order valence-corrected chi connectivity index (χ3v) is 4.07. The van der Waals surface area contributed by atoms with Crippen LogP contribution in [0.1, 0.15) is 9.88 Å². The summed E-state index contributed by atoms with van der Waals surface area (Å²) in [6.07, 6.45) is 1.02. The lowest BCUT2D eigenvalue weighted by Crippen LogP contribution is -2.09. The van der Waals surface area contributed by atoms with Crippen molar-refractivity contribution in [2.24, 2.45) is 0 Å². The van der Waals surface area contributed by atoms with Crippen molar-refractivity contribution in [3.63, 3.8) is 0 Å². The van der Waals surface area contributed by atoms with Crippen LogP contribution in [0.2, 0.25) is 0 Å². The first kappa shape index (κ1) is 10.8. The van der Waals surface area contributed by atoms with Crippen LogP contribution >= 0.6 is 22.7 Å². The molecule has 0 radical (unpaired) electrons. The second kappa shape index (κ2) is 4.88. The van der Waals surface area contributed by atoms with Crippen LogP contribution in [0.5, 0.6) is 0 Å². The Labute approximate surface area is 98.0 Å². The maximum absolute atomic E-state index is 4.62. The molecular weight excluding hydrogens is 224 g/mol. The van der Waals surface area contributed by atoms with E-state index in [0.29, 0.717) is 0 Å². The number of thiophene rings is 1. The Morgan fingerprint density at radius 3 is 2.93 bits per heavy atom. The number of nitrogens with zero attached hydrogens (tertiary/aromatic N) is 1. The van der Waals surface area contributed by atoms with Gasteiger partial charge in [-0.15, -0.1) is 22.7 Å². The maximum atomic E-state index is 4.62. The van der Waals surface area contributed by atoms with Crippen molar-refractivity contribution in [1.29, 1.82) is 0 Å². The Bertz CT molecular complexity index is 431. The van der Waals surface area contributed by atoms with Crippen LogP contribution in [0.4, 0.5) is 0 Å². The fourth-order valence-corrected chi connectivity index (χ4v) is 3.04. The molecule has 0 aliphatic heterocycles. The Kier molecular flexibility index (Phi) is 3.51. The smallest absolute Gasteiger partial charge is 0.0945 e. The fraction of sp³-hybridized carbons (Fsp3) is 0.364. The summed E-state index contributed by atoms with van der Waals surface area (Å²) in [4.78, 5) is 7.24. The number of hydrogen-bond acceptors (Lipinski definition) is 4. The van der Waals surface area contributed by atoms with Crippen LogP contribution in [0.3, 0.4) is 0 Å².